The minimum atomic E-state index is -0.668. The van der Waals surface area contributed by atoms with Crippen LogP contribution < -0.4 is 20.1 Å². The zero-order chi connectivity index (χ0) is 23.8. The van der Waals surface area contributed by atoms with Crippen LogP contribution in [0.4, 0.5) is 20.2 Å². The molecule has 0 spiro atoms. The number of pyridine rings is 2. The molecule has 5 rings (SSSR count). The number of aromatic amines is 1. The number of ether oxygens (including phenoxy) is 2. The minimum Gasteiger partial charge on any atom is -0.492 e. The molecule has 3 aromatic heterocycles. The highest BCUT2D eigenvalue weighted by molar-refractivity contribution is 6.08. The van der Waals surface area contributed by atoms with Gasteiger partial charge in [-0.3, -0.25) is 14.2 Å². The van der Waals surface area contributed by atoms with E-state index in [1.807, 2.05) is 0 Å². The van der Waals surface area contributed by atoms with Crippen molar-refractivity contribution in [3.05, 3.63) is 59.7 Å². The molecule has 1 atom stereocenters. The molecular weight excluding hydrogens is 444 g/mol. The average molecular weight is 465 g/mol. The Labute approximate surface area is 193 Å². The molecule has 0 saturated carbocycles. The molecule has 0 radical (unpaired) electrons. The Hall–Kier alpha value is -4.21. The van der Waals surface area contributed by atoms with Gasteiger partial charge in [0.2, 0.25) is 5.88 Å². The molecular formula is C24H21F2N5O3. The fourth-order valence-corrected chi connectivity index (χ4v) is 4.20. The summed E-state index contributed by atoms with van der Waals surface area (Å²) < 4.78 is 38.8. The van der Waals surface area contributed by atoms with Crippen LogP contribution in [-0.2, 0) is 0 Å². The van der Waals surface area contributed by atoms with E-state index >= 15 is 0 Å². The highest BCUT2D eigenvalue weighted by Crippen LogP contribution is 2.43. The van der Waals surface area contributed by atoms with Gasteiger partial charge in [0.15, 0.2) is 11.6 Å². The van der Waals surface area contributed by atoms with Gasteiger partial charge in [0, 0.05) is 36.0 Å². The summed E-state index contributed by atoms with van der Waals surface area (Å²) in [5, 5.41) is 5.88. The summed E-state index contributed by atoms with van der Waals surface area (Å²) >= 11 is 0. The summed E-state index contributed by atoms with van der Waals surface area (Å²) in [7, 11) is 2.87. The van der Waals surface area contributed by atoms with Gasteiger partial charge < -0.3 is 25.1 Å². The molecule has 0 saturated heterocycles. The summed E-state index contributed by atoms with van der Waals surface area (Å²) in [5.41, 5.74) is 3.59. The van der Waals surface area contributed by atoms with Crippen LogP contribution in [0.1, 0.15) is 22.0 Å². The first-order valence-electron chi connectivity index (χ1n) is 10.5. The molecule has 1 aromatic carbocycles. The number of alkyl halides is 1. The largest absolute Gasteiger partial charge is 0.492 e. The lowest BCUT2D eigenvalue weighted by Crippen LogP contribution is -2.35. The van der Waals surface area contributed by atoms with Crippen LogP contribution in [-0.4, -0.2) is 48.3 Å². The topological polar surface area (TPSA) is 101 Å². The molecule has 8 nitrogen and oxygen atoms in total. The number of carbonyl (C=O) groups is 1. The molecule has 1 amide bonds. The number of anilines is 2. The van der Waals surface area contributed by atoms with Crippen molar-refractivity contribution in [1.82, 2.24) is 20.3 Å². The van der Waals surface area contributed by atoms with Gasteiger partial charge in [-0.2, -0.15) is 0 Å². The van der Waals surface area contributed by atoms with Gasteiger partial charge in [0.1, 0.15) is 5.52 Å². The molecule has 0 bridgehead atoms. The minimum absolute atomic E-state index is 0.0129. The molecule has 0 unspecified atom stereocenters. The highest BCUT2D eigenvalue weighted by Gasteiger charge is 2.33. The first-order chi connectivity index (χ1) is 16.5. The van der Waals surface area contributed by atoms with Crippen molar-refractivity contribution < 1.29 is 23.0 Å². The number of nitrogens with zero attached hydrogens (tertiary/aromatic N) is 2. The Balaban J connectivity index is 1.78. The number of carbonyl (C=O) groups excluding carboxylic acids is 1. The predicted molar refractivity (Wildman–Crippen MR) is 123 cm³/mol. The van der Waals surface area contributed by atoms with Crippen LogP contribution in [0, 0.1) is 5.82 Å². The lowest BCUT2D eigenvalue weighted by molar-refractivity contribution is 0.0938. The first kappa shape index (κ1) is 21.6. The fraction of sp³-hybridized carbons (Fsp3) is 0.208. The molecule has 0 aliphatic carbocycles. The Morgan fingerprint density at radius 3 is 2.79 bits per heavy atom. The van der Waals surface area contributed by atoms with E-state index in [9.17, 15) is 13.6 Å². The second kappa shape index (κ2) is 8.62. The zero-order valence-electron chi connectivity index (χ0n) is 18.4. The van der Waals surface area contributed by atoms with E-state index in [4.69, 9.17) is 9.47 Å². The van der Waals surface area contributed by atoms with Crippen LogP contribution in [0.25, 0.3) is 22.3 Å². The third-order valence-corrected chi connectivity index (χ3v) is 5.83. The van der Waals surface area contributed by atoms with Crippen LogP contribution in [0.2, 0.25) is 0 Å². The summed E-state index contributed by atoms with van der Waals surface area (Å²) in [6, 6.07) is 9.63. The zero-order valence-corrected chi connectivity index (χ0v) is 18.4. The number of para-hydroxylation sites is 1. The molecule has 1 aliphatic rings. The number of methoxy groups -OCH3 is 2. The summed E-state index contributed by atoms with van der Waals surface area (Å²) in [4.78, 5) is 25.1. The lowest BCUT2D eigenvalue weighted by atomic mass is 9.97. The first-order valence-corrected chi connectivity index (χ1v) is 10.5. The van der Waals surface area contributed by atoms with Crippen LogP contribution in [0.15, 0.2) is 42.6 Å². The maximum atomic E-state index is 14.4. The number of aromatic nitrogens is 3. The van der Waals surface area contributed by atoms with E-state index < -0.39 is 18.4 Å². The van der Waals surface area contributed by atoms with Gasteiger partial charge in [0.05, 0.1) is 49.0 Å². The van der Waals surface area contributed by atoms with Gasteiger partial charge in [-0.25, -0.2) is 9.37 Å². The average Bonchev–Trinajstić information content (AvgIpc) is 3.23. The second-order valence-corrected chi connectivity index (χ2v) is 7.75. The number of H-pyrrole nitrogens is 1. The molecule has 1 aliphatic heterocycles. The van der Waals surface area contributed by atoms with E-state index in [0.29, 0.717) is 45.2 Å². The molecule has 4 heterocycles. The van der Waals surface area contributed by atoms with E-state index in [1.54, 1.807) is 30.5 Å². The van der Waals surface area contributed by atoms with Gasteiger partial charge in [-0.05, 0) is 24.3 Å². The summed E-state index contributed by atoms with van der Waals surface area (Å²) in [6.07, 6.45) is 1.62. The number of hydrogen-bond donors (Lipinski definition) is 3. The van der Waals surface area contributed by atoms with E-state index in [-0.39, 0.29) is 23.8 Å². The third-order valence-electron chi connectivity index (χ3n) is 5.83. The smallest absolute Gasteiger partial charge is 0.255 e. The molecule has 3 N–H and O–H groups in total. The van der Waals surface area contributed by atoms with Crippen molar-refractivity contribution in [2.24, 2.45) is 0 Å². The standard InChI is InChI=1S/C24H21F2N5O3/c1-33-17-7-6-15-20(30-17)13(8-9-27-15)21-22(29-16-5-3-4-14(26)23(16)34-2)18-19(31-21)12(10-25)11-28-24(18)32/h3-9,12,29,31H,10-11H2,1-2H3,(H,28,32)/t12-/m1/s1. The van der Waals surface area contributed by atoms with Crippen molar-refractivity contribution in [2.75, 3.05) is 32.8 Å². The quantitative estimate of drug-likeness (QED) is 0.392. The maximum absolute atomic E-state index is 14.4. The van der Waals surface area contributed by atoms with Crippen molar-refractivity contribution in [3.63, 3.8) is 0 Å². The van der Waals surface area contributed by atoms with Crippen molar-refractivity contribution >= 4 is 28.3 Å². The SMILES string of the molecule is COc1ccc2nccc(-c3[nH]c4c(c3Nc3cccc(F)c3OC)C(=O)NC[C@H]4CF)c2n1. The molecule has 174 valence electrons. The van der Waals surface area contributed by atoms with E-state index in [2.05, 4.69) is 25.6 Å². The monoisotopic (exact) mass is 465 g/mol. The summed E-state index contributed by atoms with van der Waals surface area (Å²) in [5.74, 6) is -1.12. The number of amides is 1. The van der Waals surface area contributed by atoms with Gasteiger partial charge >= 0.3 is 0 Å². The van der Waals surface area contributed by atoms with Crippen molar-refractivity contribution in [3.8, 4) is 22.9 Å². The van der Waals surface area contributed by atoms with E-state index in [0.717, 1.165) is 0 Å². The van der Waals surface area contributed by atoms with Crippen LogP contribution in [0.5, 0.6) is 11.6 Å². The predicted octanol–water partition coefficient (Wildman–Crippen LogP) is 4.32. The van der Waals surface area contributed by atoms with Crippen LogP contribution in [0.3, 0.4) is 0 Å². The number of nitrogens with one attached hydrogen (secondary N) is 3. The Bertz CT molecular complexity index is 1410. The number of fused-ring (bicyclic) bond motifs is 2. The van der Waals surface area contributed by atoms with Crippen LogP contribution >= 0.6 is 0 Å². The Morgan fingerprint density at radius 2 is 2.03 bits per heavy atom. The number of halogens is 2. The Kier molecular flexibility index (Phi) is 5.48. The molecule has 4 aromatic rings. The highest BCUT2D eigenvalue weighted by atomic mass is 19.1. The number of rotatable bonds is 6. The van der Waals surface area contributed by atoms with Crippen molar-refractivity contribution in [1.29, 1.82) is 0 Å². The second-order valence-electron chi connectivity index (χ2n) is 7.75. The summed E-state index contributed by atoms with van der Waals surface area (Å²) in [6.45, 7) is -0.507. The van der Waals surface area contributed by atoms with E-state index in [1.165, 1.54) is 26.4 Å². The third kappa shape index (κ3) is 3.47. The maximum Gasteiger partial charge on any atom is 0.255 e. The lowest BCUT2D eigenvalue weighted by Gasteiger charge is -2.21. The Morgan fingerprint density at radius 1 is 1.18 bits per heavy atom. The molecule has 34 heavy (non-hydrogen) atoms. The fourth-order valence-electron chi connectivity index (χ4n) is 4.20. The number of hydrogen-bond acceptors (Lipinski definition) is 6. The molecule has 0 fully saturated rings. The van der Waals surface area contributed by atoms with Crippen molar-refractivity contribution in [2.45, 2.75) is 5.92 Å². The van der Waals surface area contributed by atoms with Gasteiger partial charge in [0.25, 0.3) is 5.91 Å². The van der Waals surface area contributed by atoms with Gasteiger partial charge in [-0.15, -0.1) is 0 Å². The number of benzene rings is 1. The molecule has 10 heteroatoms. The normalized spacial score (nSPS) is 15.1. The van der Waals surface area contributed by atoms with Gasteiger partial charge in [-0.1, -0.05) is 6.07 Å².